The molecular formula is C23H15FN2. The summed E-state index contributed by atoms with van der Waals surface area (Å²) >= 11 is 0. The lowest BCUT2D eigenvalue weighted by atomic mass is 10.1. The molecule has 3 aromatic carbocycles. The number of aromatic nitrogens is 2. The zero-order chi connectivity index (χ0) is 17.5. The maximum atomic E-state index is 13.5. The highest BCUT2D eigenvalue weighted by molar-refractivity contribution is 6.10. The SMILES string of the molecule is Fc1cccc(-c2ccc3c(c2)c2ccccc2n3-c2ccccc2)n1. The van der Waals surface area contributed by atoms with Crippen LogP contribution in [0.3, 0.4) is 0 Å². The van der Waals surface area contributed by atoms with E-state index in [-0.39, 0.29) is 0 Å². The van der Waals surface area contributed by atoms with E-state index in [9.17, 15) is 4.39 Å². The Labute approximate surface area is 150 Å². The number of benzene rings is 3. The van der Waals surface area contributed by atoms with Crippen molar-refractivity contribution in [3.05, 3.63) is 96.9 Å². The fraction of sp³-hybridized carbons (Fsp3) is 0. The van der Waals surface area contributed by atoms with Gasteiger partial charge in [0, 0.05) is 22.0 Å². The quantitative estimate of drug-likeness (QED) is 0.362. The highest BCUT2D eigenvalue weighted by Gasteiger charge is 2.13. The molecule has 0 bridgehead atoms. The van der Waals surface area contributed by atoms with Gasteiger partial charge in [0.2, 0.25) is 5.95 Å². The Kier molecular flexibility index (Phi) is 3.32. The number of fused-ring (bicyclic) bond motifs is 3. The van der Waals surface area contributed by atoms with Crippen LogP contribution in [-0.4, -0.2) is 9.55 Å². The lowest BCUT2D eigenvalue weighted by Crippen LogP contribution is -1.93. The van der Waals surface area contributed by atoms with Crippen molar-refractivity contribution in [2.24, 2.45) is 0 Å². The van der Waals surface area contributed by atoms with E-state index in [0.29, 0.717) is 5.69 Å². The second kappa shape index (κ2) is 5.81. The fourth-order valence-electron chi connectivity index (χ4n) is 3.56. The Balaban J connectivity index is 1.84. The summed E-state index contributed by atoms with van der Waals surface area (Å²) in [5.74, 6) is -0.464. The molecule has 5 aromatic rings. The van der Waals surface area contributed by atoms with Crippen molar-refractivity contribution in [3.8, 4) is 16.9 Å². The van der Waals surface area contributed by atoms with E-state index in [1.54, 1.807) is 6.07 Å². The van der Waals surface area contributed by atoms with E-state index in [0.717, 1.165) is 27.7 Å². The third kappa shape index (κ3) is 2.29. The molecule has 0 atom stereocenters. The minimum absolute atomic E-state index is 0.464. The molecule has 0 aliphatic rings. The zero-order valence-electron chi connectivity index (χ0n) is 13.9. The standard InChI is InChI=1S/C23H15FN2/c24-23-12-6-10-20(25-23)16-13-14-22-19(15-16)18-9-4-5-11-21(18)26(22)17-7-2-1-3-8-17/h1-15H. The van der Waals surface area contributed by atoms with E-state index < -0.39 is 5.95 Å². The maximum Gasteiger partial charge on any atom is 0.213 e. The first-order valence-electron chi connectivity index (χ1n) is 8.53. The summed E-state index contributed by atoms with van der Waals surface area (Å²) in [4.78, 5) is 4.02. The molecule has 26 heavy (non-hydrogen) atoms. The van der Waals surface area contributed by atoms with Gasteiger partial charge in [0.1, 0.15) is 0 Å². The molecule has 0 unspecified atom stereocenters. The molecule has 0 saturated heterocycles. The number of halogens is 1. The topological polar surface area (TPSA) is 17.8 Å². The van der Waals surface area contributed by atoms with E-state index in [1.165, 1.54) is 11.5 Å². The Morgan fingerprint density at radius 3 is 2.27 bits per heavy atom. The smallest absolute Gasteiger partial charge is 0.213 e. The second-order valence-corrected chi connectivity index (χ2v) is 6.27. The van der Waals surface area contributed by atoms with E-state index in [2.05, 4.69) is 52.0 Å². The molecule has 124 valence electrons. The van der Waals surface area contributed by atoms with E-state index >= 15 is 0 Å². The summed E-state index contributed by atoms with van der Waals surface area (Å²) in [6.07, 6.45) is 0. The van der Waals surface area contributed by atoms with Crippen LogP contribution >= 0.6 is 0 Å². The lowest BCUT2D eigenvalue weighted by molar-refractivity contribution is 0.585. The average molecular weight is 338 g/mol. The van der Waals surface area contributed by atoms with Gasteiger partial charge in [0.25, 0.3) is 0 Å². The Morgan fingerprint density at radius 2 is 1.42 bits per heavy atom. The molecule has 0 saturated carbocycles. The molecule has 0 amide bonds. The number of rotatable bonds is 2. The predicted octanol–water partition coefficient (Wildman–Crippen LogP) is 5.98. The molecule has 3 heteroatoms. The average Bonchev–Trinajstić information content (AvgIpc) is 3.02. The molecular weight excluding hydrogens is 323 g/mol. The van der Waals surface area contributed by atoms with Crippen LogP contribution in [0.2, 0.25) is 0 Å². The molecule has 2 aromatic heterocycles. The van der Waals surface area contributed by atoms with Crippen LogP contribution in [0.4, 0.5) is 4.39 Å². The summed E-state index contributed by atoms with van der Waals surface area (Å²) < 4.78 is 15.8. The van der Waals surface area contributed by atoms with Gasteiger partial charge in [-0.05, 0) is 42.5 Å². The van der Waals surface area contributed by atoms with Gasteiger partial charge in [0.15, 0.2) is 0 Å². The zero-order valence-corrected chi connectivity index (χ0v) is 13.9. The van der Waals surface area contributed by atoms with E-state index in [4.69, 9.17) is 0 Å². The second-order valence-electron chi connectivity index (χ2n) is 6.27. The maximum absolute atomic E-state index is 13.5. The van der Waals surface area contributed by atoms with Crippen molar-refractivity contribution in [1.82, 2.24) is 9.55 Å². The number of nitrogens with zero attached hydrogens (tertiary/aromatic N) is 2. The molecule has 0 radical (unpaired) electrons. The first-order chi connectivity index (χ1) is 12.8. The van der Waals surface area contributed by atoms with Crippen molar-refractivity contribution in [3.63, 3.8) is 0 Å². The Bertz CT molecular complexity index is 1240. The van der Waals surface area contributed by atoms with Crippen molar-refractivity contribution in [2.45, 2.75) is 0 Å². The van der Waals surface area contributed by atoms with Gasteiger partial charge in [-0.15, -0.1) is 0 Å². The third-order valence-corrected chi connectivity index (χ3v) is 4.70. The summed E-state index contributed by atoms with van der Waals surface area (Å²) in [6, 6.07) is 29.7. The summed E-state index contributed by atoms with van der Waals surface area (Å²) in [5.41, 5.74) is 4.95. The van der Waals surface area contributed by atoms with Crippen LogP contribution in [0, 0.1) is 5.95 Å². The number of para-hydroxylation sites is 2. The van der Waals surface area contributed by atoms with Crippen molar-refractivity contribution in [2.75, 3.05) is 0 Å². The molecule has 0 fully saturated rings. The van der Waals surface area contributed by atoms with E-state index in [1.807, 2.05) is 36.4 Å². The predicted molar refractivity (Wildman–Crippen MR) is 104 cm³/mol. The number of pyridine rings is 1. The van der Waals surface area contributed by atoms with Crippen LogP contribution in [0.5, 0.6) is 0 Å². The van der Waals surface area contributed by atoms with Gasteiger partial charge in [-0.25, -0.2) is 4.98 Å². The molecule has 0 aliphatic heterocycles. The summed E-state index contributed by atoms with van der Waals surface area (Å²) in [6.45, 7) is 0. The van der Waals surface area contributed by atoms with Gasteiger partial charge in [-0.1, -0.05) is 48.5 Å². The van der Waals surface area contributed by atoms with Gasteiger partial charge in [-0.3, -0.25) is 0 Å². The molecule has 2 nitrogen and oxygen atoms in total. The van der Waals surface area contributed by atoms with Gasteiger partial charge < -0.3 is 4.57 Å². The summed E-state index contributed by atoms with van der Waals surface area (Å²) in [7, 11) is 0. The van der Waals surface area contributed by atoms with Gasteiger partial charge in [-0.2, -0.15) is 4.39 Å². The Morgan fingerprint density at radius 1 is 0.654 bits per heavy atom. The number of hydrogen-bond acceptors (Lipinski definition) is 1. The molecule has 0 spiro atoms. The molecule has 0 aliphatic carbocycles. The van der Waals surface area contributed by atoms with Gasteiger partial charge >= 0.3 is 0 Å². The molecule has 2 heterocycles. The minimum Gasteiger partial charge on any atom is -0.309 e. The van der Waals surface area contributed by atoms with Crippen LogP contribution in [-0.2, 0) is 0 Å². The highest BCUT2D eigenvalue weighted by Crippen LogP contribution is 2.34. The summed E-state index contributed by atoms with van der Waals surface area (Å²) in [5, 5.41) is 2.30. The first kappa shape index (κ1) is 14.8. The Hall–Kier alpha value is -3.46. The largest absolute Gasteiger partial charge is 0.309 e. The van der Waals surface area contributed by atoms with Crippen LogP contribution in [0.15, 0.2) is 91.0 Å². The first-order valence-corrected chi connectivity index (χ1v) is 8.53. The highest BCUT2D eigenvalue weighted by atomic mass is 19.1. The normalized spacial score (nSPS) is 11.3. The van der Waals surface area contributed by atoms with Crippen LogP contribution in [0.25, 0.3) is 38.8 Å². The third-order valence-electron chi connectivity index (χ3n) is 4.70. The lowest BCUT2D eigenvalue weighted by Gasteiger charge is -2.07. The van der Waals surface area contributed by atoms with Crippen LogP contribution in [0.1, 0.15) is 0 Å². The molecule has 0 N–H and O–H groups in total. The van der Waals surface area contributed by atoms with Gasteiger partial charge in [0.05, 0.1) is 16.7 Å². The van der Waals surface area contributed by atoms with Crippen LogP contribution < -0.4 is 0 Å². The number of hydrogen-bond donors (Lipinski definition) is 0. The monoisotopic (exact) mass is 338 g/mol. The fourth-order valence-corrected chi connectivity index (χ4v) is 3.56. The van der Waals surface area contributed by atoms with Crippen molar-refractivity contribution in [1.29, 1.82) is 0 Å². The van der Waals surface area contributed by atoms with Crippen molar-refractivity contribution >= 4 is 21.8 Å². The van der Waals surface area contributed by atoms with Crippen molar-refractivity contribution < 1.29 is 4.39 Å². The molecule has 5 rings (SSSR count). The minimum atomic E-state index is -0.464.